The van der Waals surface area contributed by atoms with Crippen LogP contribution in [0, 0.1) is 0 Å². The van der Waals surface area contributed by atoms with E-state index in [1.54, 1.807) is 18.2 Å². The van der Waals surface area contributed by atoms with Crippen LogP contribution in [0.25, 0.3) is 11.0 Å². The van der Waals surface area contributed by atoms with E-state index >= 15 is 0 Å². The Labute approximate surface area is 83.9 Å². The monoisotopic (exact) mass is 207 g/mol. The van der Waals surface area contributed by atoms with Gasteiger partial charge in [0.25, 0.3) is 0 Å². The molecule has 3 N–H and O–H groups in total. The lowest BCUT2D eigenvalue weighted by molar-refractivity contribution is 0.271. The van der Waals surface area contributed by atoms with Crippen molar-refractivity contribution in [3.63, 3.8) is 0 Å². The Morgan fingerprint density at radius 3 is 2.47 bits per heavy atom. The number of H-pyrrole nitrogens is 2. The summed E-state index contributed by atoms with van der Waals surface area (Å²) in [6, 6.07) is 5.06. The van der Waals surface area contributed by atoms with Crippen LogP contribution in [0.4, 0.5) is 5.69 Å². The van der Waals surface area contributed by atoms with Gasteiger partial charge in [0.1, 0.15) is 0 Å². The molecule has 0 bridgehead atoms. The predicted molar refractivity (Wildman–Crippen MR) is 55.8 cm³/mol. The second-order valence-electron chi connectivity index (χ2n) is 2.97. The topological polar surface area (TPSA) is 87.0 Å². The molecule has 0 amide bonds. The van der Waals surface area contributed by atoms with Crippen molar-refractivity contribution in [2.75, 3.05) is 12.6 Å². The van der Waals surface area contributed by atoms with Crippen molar-refractivity contribution in [3.05, 3.63) is 38.9 Å². The number of hydrogen-bond acceptors (Lipinski definition) is 4. The maximum Gasteiger partial charge on any atom is 0.314 e. The van der Waals surface area contributed by atoms with E-state index in [9.17, 15) is 9.59 Å². The van der Waals surface area contributed by atoms with Gasteiger partial charge < -0.3 is 9.97 Å². The molecule has 1 aromatic carbocycles. The third-order valence-corrected chi connectivity index (χ3v) is 1.94. The maximum absolute atomic E-state index is 11.1. The number of rotatable bonds is 2. The molecule has 0 aliphatic carbocycles. The SMILES string of the molecule is CONc1ccc2[nH]c(=O)c(=O)[nH]c2c1. The Morgan fingerprint density at radius 2 is 1.80 bits per heavy atom. The minimum atomic E-state index is -0.669. The van der Waals surface area contributed by atoms with Crippen LogP contribution in [0.5, 0.6) is 0 Å². The van der Waals surface area contributed by atoms with Gasteiger partial charge in [-0.2, -0.15) is 0 Å². The largest absolute Gasteiger partial charge is 0.316 e. The normalized spacial score (nSPS) is 10.5. The van der Waals surface area contributed by atoms with E-state index in [1.807, 2.05) is 0 Å². The van der Waals surface area contributed by atoms with Crippen LogP contribution in [-0.4, -0.2) is 17.1 Å². The number of hydrogen-bond donors (Lipinski definition) is 3. The standard InChI is InChI=1S/C9H9N3O3/c1-15-12-5-2-3-6-7(4-5)11-9(14)8(13)10-6/h2-4,12H,1H3,(H,10,13)(H,11,14). The Balaban J connectivity index is 2.66. The lowest BCUT2D eigenvalue weighted by atomic mass is 10.3. The second kappa shape index (κ2) is 3.58. The third kappa shape index (κ3) is 1.75. The molecule has 6 nitrogen and oxygen atoms in total. The van der Waals surface area contributed by atoms with Crippen LogP contribution in [0.1, 0.15) is 0 Å². The van der Waals surface area contributed by atoms with Gasteiger partial charge in [-0.05, 0) is 18.2 Å². The number of nitrogens with one attached hydrogen (secondary N) is 3. The van der Waals surface area contributed by atoms with Crippen LogP contribution < -0.4 is 16.6 Å². The molecule has 2 aromatic rings. The molecular weight excluding hydrogens is 198 g/mol. The van der Waals surface area contributed by atoms with E-state index in [1.165, 1.54) is 7.11 Å². The third-order valence-electron chi connectivity index (χ3n) is 1.94. The van der Waals surface area contributed by atoms with Crippen molar-refractivity contribution >= 4 is 16.7 Å². The van der Waals surface area contributed by atoms with Gasteiger partial charge in [0, 0.05) is 0 Å². The molecule has 6 heteroatoms. The van der Waals surface area contributed by atoms with Crippen LogP contribution in [0.15, 0.2) is 27.8 Å². The van der Waals surface area contributed by atoms with Crippen molar-refractivity contribution in [1.29, 1.82) is 0 Å². The molecule has 0 spiro atoms. The highest BCUT2D eigenvalue weighted by Gasteiger charge is 1.99. The first kappa shape index (κ1) is 9.47. The number of aromatic nitrogens is 2. The fraction of sp³-hybridized carbons (Fsp3) is 0.111. The fourth-order valence-corrected chi connectivity index (χ4v) is 1.30. The fourth-order valence-electron chi connectivity index (χ4n) is 1.30. The molecule has 0 radical (unpaired) electrons. The van der Waals surface area contributed by atoms with Gasteiger partial charge in [0.15, 0.2) is 0 Å². The van der Waals surface area contributed by atoms with E-state index in [0.717, 1.165) is 0 Å². The summed E-state index contributed by atoms with van der Waals surface area (Å²) in [7, 11) is 1.49. The average Bonchev–Trinajstić information content (AvgIpc) is 2.21. The van der Waals surface area contributed by atoms with Crippen molar-refractivity contribution in [2.24, 2.45) is 0 Å². The van der Waals surface area contributed by atoms with E-state index in [4.69, 9.17) is 4.84 Å². The van der Waals surface area contributed by atoms with Crippen LogP contribution in [0.2, 0.25) is 0 Å². The first-order valence-corrected chi connectivity index (χ1v) is 4.26. The molecule has 2 rings (SSSR count). The van der Waals surface area contributed by atoms with Crippen LogP contribution in [-0.2, 0) is 4.84 Å². The zero-order chi connectivity index (χ0) is 10.8. The maximum atomic E-state index is 11.1. The lowest BCUT2D eigenvalue weighted by Crippen LogP contribution is -2.28. The average molecular weight is 207 g/mol. The summed E-state index contributed by atoms with van der Waals surface area (Å²) >= 11 is 0. The Hall–Kier alpha value is -2.08. The minimum absolute atomic E-state index is 0.543. The number of fused-ring (bicyclic) bond motifs is 1. The highest BCUT2D eigenvalue weighted by molar-refractivity contribution is 5.77. The van der Waals surface area contributed by atoms with Crippen molar-refractivity contribution in [1.82, 2.24) is 9.97 Å². The molecule has 1 aromatic heterocycles. The van der Waals surface area contributed by atoms with Crippen molar-refractivity contribution < 1.29 is 4.84 Å². The second-order valence-corrected chi connectivity index (χ2v) is 2.97. The van der Waals surface area contributed by atoms with E-state index in [2.05, 4.69) is 15.4 Å². The highest BCUT2D eigenvalue weighted by Crippen LogP contribution is 2.13. The van der Waals surface area contributed by atoms with Crippen molar-refractivity contribution in [3.8, 4) is 0 Å². The first-order valence-electron chi connectivity index (χ1n) is 4.26. The Morgan fingerprint density at radius 1 is 1.13 bits per heavy atom. The van der Waals surface area contributed by atoms with Gasteiger partial charge in [0.05, 0.1) is 23.8 Å². The number of benzene rings is 1. The molecule has 78 valence electrons. The number of anilines is 1. The van der Waals surface area contributed by atoms with Crippen LogP contribution in [0.3, 0.4) is 0 Å². The molecule has 0 saturated carbocycles. The summed E-state index contributed by atoms with van der Waals surface area (Å²) < 4.78 is 0. The molecule has 0 aliphatic rings. The molecule has 0 fully saturated rings. The summed E-state index contributed by atoms with van der Waals surface area (Å²) in [4.78, 5) is 31.7. The molecule has 0 unspecified atom stereocenters. The van der Waals surface area contributed by atoms with Gasteiger partial charge in [-0.25, -0.2) is 0 Å². The summed E-state index contributed by atoms with van der Waals surface area (Å²) in [6.07, 6.45) is 0. The molecule has 0 saturated heterocycles. The lowest BCUT2D eigenvalue weighted by Gasteiger charge is -2.03. The molecule has 0 aliphatic heterocycles. The van der Waals surface area contributed by atoms with Crippen LogP contribution >= 0.6 is 0 Å². The summed E-state index contributed by atoms with van der Waals surface area (Å²) in [6.45, 7) is 0. The van der Waals surface area contributed by atoms with Gasteiger partial charge >= 0.3 is 11.1 Å². The van der Waals surface area contributed by atoms with E-state index in [-0.39, 0.29) is 0 Å². The quantitative estimate of drug-likeness (QED) is 0.484. The predicted octanol–water partition coefficient (Wildman–Crippen LogP) is 0.190. The van der Waals surface area contributed by atoms with Gasteiger partial charge in [0.2, 0.25) is 0 Å². The Kier molecular flexibility index (Phi) is 2.26. The van der Waals surface area contributed by atoms with E-state index in [0.29, 0.717) is 16.7 Å². The zero-order valence-corrected chi connectivity index (χ0v) is 7.96. The van der Waals surface area contributed by atoms with E-state index < -0.39 is 11.1 Å². The summed E-state index contributed by atoms with van der Waals surface area (Å²) in [5.41, 5.74) is 3.09. The minimum Gasteiger partial charge on any atom is -0.316 e. The first-order chi connectivity index (χ1) is 7.20. The molecule has 15 heavy (non-hydrogen) atoms. The summed E-state index contributed by atoms with van der Waals surface area (Å²) in [5.74, 6) is 0. The molecule has 1 heterocycles. The molecular formula is C9H9N3O3. The van der Waals surface area contributed by atoms with Gasteiger partial charge in [-0.15, -0.1) is 0 Å². The highest BCUT2D eigenvalue weighted by atomic mass is 16.6. The van der Waals surface area contributed by atoms with Gasteiger partial charge in [-0.1, -0.05) is 0 Å². The van der Waals surface area contributed by atoms with Gasteiger partial charge in [-0.3, -0.25) is 19.9 Å². The zero-order valence-electron chi connectivity index (χ0n) is 7.96. The Bertz CT molecular complexity index is 599. The summed E-state index contributed by atoms with van der Waals surface area (Å²) in [5, 5.41) is 0. The van der Waals surface area contributed by atoms with Crippen molar-refractivity contribution in [2.45, 2.75) is 0 Å². The smallest absolute Gasteiger partial charge is 0.314 e. The number of aromatic amines is 2. The molecule has 0 atom stereocenters.